The number of nitrogens with one attached hydrogen (secondary N) is 2. The van der Waals surface area contributed by atoms with Crippen molar-refractivity contribution in [2.75, 3.05) is 46.6 Å². The van der Waals surface area contributed by atoms with E-state index in [2.05, 4.69) is 17.2 Å². The maximum Gasteiger partial charge on any atom is 0.233 e. The molecule has 0 unspecified atom stereocenters. The predicted octanol–water partition coefficient (Wildman–Crippen LogP) is -0.0687. The second-order valence-corrected chi connectivity index (χ2v) is 3.23. The lowest BCUT2D eigenvalue weighted by Gasteiger charge is -2.06. The average Bonchev–Trinajstić information content (AvgIpc) is 2.28. The van der Waals surface area contributed by atoms with Gasteiger partial charge in [-0.1, -0.05) is 6.08 Å². The van der Waals surface area contributed by atoms with Gasteiger partial charge in [0.15, 0.2) is 0 Å². The van der Waals surface area contributed by atoms with Crippen LogP contribution in [0.3, 0.4) is 0 Å². The highest BCUT2D eigenvalue weighted by atomic mass is 16.5. The van der Waals surface area contributed by atoms with E-state index in [-0.39, 0.29) is 5.91 Å². The van der Waals surface area contributed by atoms with E-state index >= 15 is 0 Å². The molecule has 0 saturated carbocycles. The van der Waals surface area contributed by atoms with Gasteiger partial charge in [-0.2, -0.15) is 0 Å². The first-order chi connectivity index (χ1) is 7.81. The molecular weight excluding hydrogens is 208 g/mol. The number of methoxy groups -OCH3 is 1. The van der Waals surface area contributed by atoms with Gasteiger partial charge >= 0.3 is 0 Å². The third kappa shape index (κ3) is 11.2. The van der Waals surface area contributed by atoms with Crippen LogP contribution < -0.4 is 10.6 Å². The van der Waals surface area contributed by atoms with Crippen LogP contribution in [0, 0.1) is 0 Å². The summed E-state index contributed by atoms with van der Waals surface area (Å²) < 4.78 is 10.1. The molecule has 0 bridgehead atoms. The summed E-state index contributed by atoms with van der Waals surface area (Å²) in [6.45, 7) is 7.02. The first-order valence-electron chi connectivity index (χ1n) is 5.46. The summed E-state index contributed by atoms with van der Waals surface area (Å²) in [5.74, 6) is -0.00117. The second-order valence-electron chi connectivity index (χ2n) is 3.23. The Morgan fingerprint density at radius 3 is 2.88 bits per heavy atom. The summed E-state index contributed by atoms with van der Waals surface area (Å²) in [4.78, 5) is 11.2. The number of ether oxygens (including phenoxy) is 2. The van der Waals surface area contributed by atoms with Gasteiger partial charge in [-0.25, -0.2) is 0 Å². The molecule has 0 fully saturated rings. The minimum atomic E-state index is -0.00117. The molecule has 0 aliphatic heterocycles. The molecule has 5 nitrogen and oxygen atoms in total. The SMILES string of the molecule is C=CCNCC(=O)NCCCOCCOC. The van der Waals surface area contributed by atoms with Gasteiger partial charge in [-0.15, -0.1) is 6.58 Å². The van der Waals surface area contributed by atoms with Crippen molar-refractivity contribution >= 4 is 5.91 Å². The van der Waals surface area contributed by atoms with Crippen LogP contribution in [-0.4, -0.2) is 52.5 Å². The van der Waals surface area contributed by atoms with E-state index in [0.717, 1.165) is 6.42 Å². The molecule has 0 aliphatic carbocycles. The number of hydrogen-bond donors (Lipinski definition) is 2. The Labute approximate surface area is 97.2 Å². The highest BCUT2D eigenvalue weighted by Gasteiger charge is 1.98. The minimum absolute atomic E-state index is 0.00117. The largest absolute Gasteiger partial charge is 0.382 e. The third-order valence-corrected chi connectivity index (χ3v) is 1.79. The third-order valence-electron chi connectivity index (χ3n) is 1.79. The summed E-state index contributed by atoms with van der Waals surface area (Å²) in [7, 11) is 1.64. The molecule has 0 rings (SSSR count). The Bertz CT molecular complexity index is 186. The average molecular weight is 230 g/mol. The van der Waals surface area contributed by atoms with Crippen LogP contribution in [0.4, 0.5) is 0 Å². The van der Waals surface area contributed by atoms with Crippen LogP contribution in [-0.2, 0) is 14.3 Å². The zero-order valence-corrected chi connectivity index (χ0v) is 9.96. The predicted molar refractivity (Wildman–Crippen MR) is 63.4 cm³/mol. The number of rotatable bonds is 11. The maximum absolute atomic E-state index is 11.2. The molecule has 0 radical (unpaired) electrons. The highest BCUT2D eigenvalue weighted by molar-refractivity contribution is 5.77. The quantitative estimate of drug-likeness (QED) is 0.385. The van der Waals surface area contributed by atoms with Crippen LogP contribution in [0.5, 0.6) is 0 Å². The minimum Gasteiger partial charge on any atom is -0.382 e. The summed E-state index contributed by atoms with van der Waals surface area (Å²) >= 11 is 0. The molecular formula is C11H22N2O3. The fraction of sp³-hybridized carbons (Fsp3) is 0.727. The Hall–Kier alpha value is -0.910. The van der Waals surface area contributed by atoms with E-state index in [1.165, 1.54) is 0 Å². The summed E-state index contributed by atoms with van der Waals surface area (Å²) in [5.41, 5.74) is 0. The summed E-state index contributed by atoms with van der Waals surface area (Å²) in [5, 5.41) is 5.71. The number of carbonyl (C=O) groups excluding carboxylic acids is 1. The summed E-state index contributed by atoms with van der Waals surface area (Å²) in [6.07, 6.45) is 2.54. The standard InChI is InChI=1S/C11H22N2O3/c1-3-5-12-10-11(14)13-6-4-7-16-9-8-15-2/h3,12H,1,4-10H2,2H3,(H,13,14). The molecule has 0 aromatic rings. The van der Waals surface area contributed by atoms with Gasteiger partial charge in [0.25, 0.3) is 0 Å². The molecule has 0 aromatic heterocycles. The zero-order valence-electron chi connectivity index (χ0n) is 9.96. The monoisotopic (exact) mass is 230 g/mol. The van der Waals surface area contributed by atoms with Crippen molar-refractivity contribution in [2.24, 2.45) is 0 Å². The van der Waals surface area contributed by atoms with Crippen molar-refractivity contribution < 1.29 is 14.3 Å². The Morgan fingerprint density at radius 1 is 1.38 bits per heavy atom. The van der Waals surface area contributed by atoms with Gasteiger partial charge in [0, 0.05) is 26.8 Å². The van der Waals surface area contributed by atoms with Crippen LogP contribution in [0.25, 0.3) is 0 Å². The maximum atomic E-state index is 11.2. The molecule has 2 N–H and O–H groups in total. The molecule has 0 heterocycles. The van der Waals surface area contributed by atoms with Crippen LogP contribution >= 0.6 is 0 Å². The molecule has 0 aliphatic rings. The van der Waals surface area contributed by atoms with Crippen LogP contribution in [0.2, 0.25) is 0 Å². The van der Waals surface area contributed by atoms with E-state index in [1.54, 1.807) is 13.2 Å². The van der Waals surface area contributed by atoms with Crippen molar-refractivity contribution in [3.05, 3.63) is 12.7 Å². The lowest BCUT2D eigenvalue weighted by atomic mass is 10.4. The first-order valence-corrected chi connectivity index (χ1v) is 5.46. The van der Waals surface area contributed by atoms with Gasteiger partial charge in [0.2, 0.25) is 5.91 Å². The lowest BCUT2D eigenvalue weighted by molar-refractivity contribution is -0.120. The number of amides is 1. The van der Waals surface area contributed by atoms with Gasteiger partial charge in [0.05, 0.1) is 19.8 Å². The molecule has 16 heavy (non-hydrogen) atoms. The molecule has 1 amide bonds. The first kappa shape index (κ1) is 15.1. The van der Waals surface area contributed by atoms with Crippen molar-refractivity contribution in [2.45, 2.75) is 6.42 Å². The smallest absolute Gasteiger partial charge is 0.233 e. The lowest BCUT2D eigenvalue weighted by Crippen LogP contribution is -2.34. The molecule has 0 saturated heterocycles. The topological polar surface area (TPSA) is 59.6 Å². The van der Waals surface area contributed by atoms with Crippen molar-refractivity contribution in [3.63, 3.8) is 0 Å². The van der Waals surface area contributed by atoms with Crippen molar-refractivity contribution in [1.82, 2.24) is 10.6 Å². The Morgan fingerprint density at radius 2 is 2.19 bits per heavy atom. The fourth-order valence-electron chi connectivity index (χ4n) is 0.997. The van der Waals surface area contributed by atoms with E-state index < -0.39 is 0 Å². The van der Waals surface area contributed by atoms with Crippen LogP contribution in [0.1, 0.15) is 6.42 Å². The normalized spacial score (nSPS) is 10.1. The molecule has 94 valence electrons. The Balaban J connectivity index is 3.12. The summed E-state index contributed by atoms with van der Waals surface area (Å²) in [6, 6.07) is 0. The van der Waals surface area contributed by atoms with E-state index in [0.29, 0.717) is 39.5 Å². The molecule has 0 atom stereocenters. The number of carbonyl (C=O) groups is 1. The van der Waals surface area contributed by atoms with Gasteiger partial charge in [-0.05, 0) is 6.42 Å². The van der Waals surface area contributed by atoms with Gasteiger partial charge < -0.3 is 20.1 Å². The van der Waals surface area contributed by atoms with Crippen molar-refractivity contribution in [3.8, 4) is 0 Å². The van der Waals surface area contributed by atoms with E-state index in [9.17, 15) is 4.79 Å². The van der Waals surface area contributed by atoms with Crippen molar-refractivity contribution in [1.29, 1.82) is 0 Å². The highest BCUT2D eigenvalue weighted by Crippen LogP contribution is 1.81. The Kier molecular flexibility index (Phi) is 11.5. The van der Waals surface area contributed by atoms with Gasteiger partial charge in [-0.3, -0.25) is 4.79 Å². The van der Waals surface area contributed by atoms with Gasteiger partial charge in [0.1, 0.15) is 0 Å². The second kappa shape index (κ2) is 12.2. The van der Waals surface area contributed by atoms with E-state index in [4.69, 9.17) is 9.47 Å². The molecule has 0 spiro atoms. The fourth-order valence-corrected chi connectivity index (χ4v) is 0.997. The van der Waals surface area contributed by atoms with E-state index in [1.807, 2.05) is 0 Å². The van der Waals surface area contributed by atoms with Crippen LogP contribution in [0.15, 0.2) is 12.7 Å². The molecule has 0 aromatic carbocycles. The zero-order chi connectivity index (χ0) is 12.1. The molecule has 5 heteroatoms. The number of hydrogen-bond acceptors (Lipinski definition) is 4.